The minimum absolute atomic E-state index is 0.0289. The molecule has 2 aromatic heterocycles. The van der Waals surface area contributed by atoms with Gasteiger partial charge >= 0.3 is 0 Å². The molecule has 1 aromatic carbocycles. The Morgan fingerprint density at radius 3 is 2.41 bits per heavy atom. The number of rotatable bonds is 3. The molecule has 1 fully saturated rings. The average molecular weight is 448 g/mol. The fraction of sp³-hybridized carbons (Fsp3) is 0.409. The van der Waals surface area contributed by atoms with Crippen molar-refractivity contribution in [1.82, 2.24) is 14.6 Å². The smallest absolute Gasteiger partial charge is 0.266 e. The van der Waals surface area contributed by atoms with Gasteiger partial charge in [-0.2, -0.15) is 4.52 Å². The van der Waals surface area contributed by atoms with E-state index in [0.29, 0.717) is 15.3 Å². The van der Waals surface area contributed by atoms with E-state index in [2.05, 4.69) is 56.8 Å². The molecule has 3 aromatic rings. The van der Waals surface area contributed by atoms with Gasteiger partial charge in [-0.3, -0.25) is 4.79 Å². The van der Waals surface area contributed by atoms with Gasteiger partial charge < -0.3 is 0 Å². The summed E-state index contributed by atoms with van der Waals surface area (Å²) in [5, 5.41) is 4.50. The molecule has 2 heterocycles. The zero-order valence-electron chi connectivity index (χ0n) is 17.0. The Balaban J connectivity index is 1.67. The number of nitrogens with zero attached hydrogens (tertiary/aromatic N) is 3. The van der Waals surface area contributed by atoms with Crippen LogP contribution in [0.3, 0.4) is 0 Å². The van der Waals surface area contributed by atoms with E-state index < -0.39 is 0 Å². The van der Waals surface area contributed by atoms with Crippen LogP contribution in [-0.2, 0) is 5.41 Å². The number of benzene rings is 1. The van der Waals surface area contributed by atoms with Crippen molar-refractivity contribution < 1.29 is 0 Å². The topological polar surface area (TPSA) is 47.3 Å². The van der Waals surface area contributed by atoms with E-state index in [0.717, 1.165) is 5.56 Å². The van der Waals surface area contributed by atoms with Crippen LogP contribution in [0.15, 0.2) is 39.6 Å². The number of halogens is 2. The lowest BCUT2D eigenvalue weighted by Crippen LogP contribution is -2.23. The highest BCUT2D eigenvalue weighted by Gasteiger charge is 2.59. The van der Waals surface area contributed by atoms with Gasteiger partial charge in [0.2, 0.25) is 4.96 Å². The van der Waals surface area contributed by atoms with Gasteiger partial charge in [0, 0.05) is 5.92 Å². The second-order valence-electron chi connectivity index (χ2n) is 9.23. The number of fused-ring (bicyclic) bond motifs is 1. The van der Waals surface area contributed by atoms with Crippen molar-refractivity contribution in [1.29, 1.82) is 0 Å². The molecule has 1 aliphatic rings. The normalized spacial score (nSPS) is 21.6. The van der Waals surface area contributed by atoms with Crippen molar-refractivity contribution in [3.63, 3.8) is 0 Å². The van der Waals surface area contributed by atoms with E-state index in [1.165, 1.54) is 21.4 Å². The van der Waals surface area contributed by atoms with E-state index in [1.54, 1.807) is 0 Å². The van der Waals surface area contributed by atoms with E-state index >= 15 is 0 Å². The van der Waals surface area contributed by atoms with E-state index in [1.807, 2.05) is 24.3 Å². The summed E-state index contributed by atoms with van der Waals surface area (Å²) in [7, 11) is 0. The van der Waals surface area contributed by atoms with Crippen LogP contribution in [0.2, 0.25) is 0 Å². The molecule has 0 N–H and O–H groups in total. The van der Waals surface area contributed by atoms with Crippen molar-refractivity contribution in [2.24, 2.45) is 11.3 Å². The maximum atomic E-state index is 12.8. The van der Waals surface area contributed by atoms with Crippen LogP contribution in [0.1, 0.15) is 57.5 Å². The third kappa shape index (κ3) is 3.76. The molecule has 0 bridgehead atoms. The molecular formula is C22H23Cl2N3OS. The molecule has 0 amide bonds. The fourth-order valence-electron chi connectivity index (χ4n) is 3.83. The quantitative estimate of drug-likeness (QED) is 0.563. The zero-order chi connectivity index (χ0) is 21.1. The number of hydrogen-bond donors (Lipinski definition) is 0. The van der Waals surface area contributed by atoms with Crippen LogP contribution < -0.4 is 10.1 Å². The first-order valence-electron chi connectivity index (χ1n) is 9.53. The summed E-state index contributed by atoms with van der Waals surface area (Å²) in [6, 6.07) is 8.30. The lowest BCUT2D eigenvalue weighted by molar-refractivity contribution is 0.585. The maximum absolute atomic E-state index is 12.8. The first-order chi connectivity index (χ1) is 13.5. The third-order valence-electron chi connectivity index (χ3n) is 5.77. The van der Waals surface area contributed by atoms with Crippen molar-refractivity contribution >= 4 is 45.6 Å². The Morgan fingerprint density at radius 2 is 1.86 bits per heavy atom. The first-order valence-corrected chi connectivity index (χ1v) is 11.1. The molecule has 7 heteroatoms. The molecule has 29 heavy (non-hydrogen) atoms. The summed E-state index contributed by atoms with van der Waals surface area (Å²) in [6.07, 6.45) is 3.73. The van der Waals surface area contributed by atoms with Gasteiger partial charge in [0.15, 0.2) is 5.82 Å². The summed E-state index contributed by atoms with van der Waals surface area (Å²) >= 11 is 13.0. The number of thiazole rings is 1. The van der Waals surface area contributed by atoms with Gasteiger partial charge in [-0.1, -0.05) is 93.4 Å². The summed E-state index contributed by atoms with van der Waals surface area (Å²) in [6.45, 7) is 10.8. The highest BCUT2D eigenvalue weighted by Crippen LogP contribution is 2.64. The van der Waals surface area contributed by atoms with Gasteiger partial charge in [0.1, 0.15) is 4.49 Å². The molecule has 0 spiro atoms. The highest BCUT2D eigenvalue weighted by atomic mass is 35.5. The summed E-state index contributed by atoms with van der Waals surface area (Å²) in [4.78, 5) is 18.1. The minimum atomic E-state index is -0.135. The first kappa shape index (κ1) is 20.6. The van der Waals surface area contributed by atoms with E-state index in [4.69, 9.17) is 23.2 Å². The molecule has 152 valence electrons. The van der Waals surface area contributed by atoms with Crippen molar-refractivity contribution in [3.8, 4) is 0 Å². The molecule has 0 radical (unpaired) electrons. The number of hydrogen-bond acceptors (Lipinski definition) is 4. The largest absolute Gasteiger partial charge is 0.291 e. The predicted molar refractivity (Wildman–Crippen MR) is 121 cm³/mol. The van der Waals surface area contributed by atoms with Crippen molar-refractivity contribution in [2.75, 3.05) is 0 Å². The standard InChI is InChI=1S/C22H23Cl2N3OS/c1-21(2,3)13-8-6-12(7-9-13)10-15-19(28)27-20(29-15)25-18(26-27)17-14(11-16(23)24)22(17,4)5/h6-11,14,17H,1-5H3/b15-10+/t14-,17+/m1/s1. The highest BCUT2D eigenvalue weighted by molar-refractivity contribution is 7.15. The van der Waals surface area contributed by atoms with E-state index in [9.17, 15) is 4.79 Å². The lowest BCUT2D eigenvalue weighted by Gasteiger charge is -2.18. The van der Waals surface area contributed by atoms with Crippen LogP contribution in [0.5, 0.6) is 0 Å². The molecule has 1 aliphatic carbocycles. The number of allylic oxidation sites excluding steroid dienone is 1. The fourth-order valence-corrected chi connectivity index (χ4v) is 5.02. The zero-order valence-corrected chi connectivity index (χ0v) is 19.4. The van der Waals surface area contributed by atoms with Crippen LogP contribution in [-0.4, -0.2) is 14.6 Å². The summed E-state index contributed by atoms with van der Waals surface area (Å²) in [5.41, 5.74) is 2.19. The van der Waals surface area contributed by atoms with Crippen LogP contribution >= 0.6 is 34.5 Å². The van der Waals surface area contributed by atoms with Gasteiger partial charge in [0.05, 0.1) is 4.53 Å². The molecule has 2 atom stereocenters. The van der Waals surface area contributed by atoms with Gasteiger partial charge in [-0.15, -0.1) is 5.10 Å². The monoisotopic (exact) mass is 447 g/mol. The van der Waals surface area contributed by atoms with Gasteiger partial charge in [-0.25, -0.2) is 4.98 Å². The van der Waals surface area contributed by atoms with Crippen molar-refractivity contribution in [3.05, 3.63) is 66.7 Å². The molecule has 0 unspecified atom stereocenters. The Bertz CT molecular complexity index is 1210. The van der Waals surface area contributed by atoms with Crippen molar-refractivity contribution in [2.45, 2.75) is 46.0 Å². The molecule has 4 rings (SSSR count). The lowest BCUT2D eigenvalue weighted by atomic mass is 9.87. The van der Waals surface area contributed by atoms with Gasteiger partial charge in [-0.05, 0) is 40.0 Å². The van der Waals surface area contributed by atoms with Crippen LogP contribution in [0.4, 0.5) is 0 Å². The van der Waals surface area contributed by atoms with E-state index in [-0.39, 0.29) is 32.7 Å². The molecule has 4 nitrogen and oxygen atoms in total. The summed E-state index contributed by atoms with van der Waals surface area (Å²) < 4.78 is 2.29. The Kier molecular flexibility index (Phi) is 4.92. The molecule has 0 aliphatic heterocycles. The predicted octanol–water partition coefficient (Wildman–Crippen LogP) is 5.05. The minimum Gasteiger partial charge on any atom is -0.266 e. The Morgan fingerprint density at radius 1 is 1.21 bits per heavy atom. The third-order valence-corrected chi connectivity index (χ3v) is 6.98. The van der Waals surface area contributed by atoms with Crippen LogP contribution in [0.25, 0.3) is 11.0 Å². The number of aromatic nitrogens is 3. The second-order valence-corrected chi connectivity index (χ2v) is 11.3. The summed E-state index contributed by atoms with van der Waals surface area (Å²) in [5.74, 6) is 0.959. The Hall–Kier alpha value is -1.69. The molecule has 1 saturated carbocycles. The second kappa shape index (κ2) is 6.93. The van der Waals surface area contributed by atoms with Crippen LogP contribution in [0, 0.1) is 11.3 Å². The molecule has 0 saturated heterocycles. The van der Waals surface area contributed by atoms with Gasteiger partial charge in [0.25, 0.3) is 5.56 Å². The maximum Gasteiger partial charge on any atom is 0.291 e. The average Bonchev–Trinajstić information content (AvgIpc) is 2.91. The SMILES string of the molecule is CC(C)(C)c1ccc(/C=c2/sc3nc([C@@H]4[C@@H](C=C(Cl)Cl)C4(C)C)nn3c2=O)cc1. The Labute approximate surface area is 183 Å². The molecular weight excluding hydrogens is 425 g/mol.